The lowest BCUT2D eigenvalue weighted by Crippen LogP contribution is -2.33. The lowest BCUT2D eigenvalue weighted by molar-refractivity contribution is -0.384. The van der Waals surface area contributed by atoms with Crippen LogP contribution in [-0.2, 0) is 6.54 Å². The number of non-ortho nitro benzene ring substituents is 1. The standard InChI is InChI=1S/C14H21N3O3/c15-11-12-10-13(17(18)19)4-5-14(12)20-9-8-16-6-2-1-3-7-16/h4-5,10H,1-3,6-9,11,15H2. The summed E-state index contributed by atoms with van der Waals surface area (Å²) >= 11 is 0. The number of nitrogens with two attached hydrogens (primary N) is 1. The molecule has 0 atom stereocenters. The summed E-state index contributed by atoms with van der Waals surface area (Å²) in [7, 11) is 0. The summed E-state index contributed by atoms with van der Waals surface area (Å²) < 4.78 is 5.72. The highest BCUT2D eigenvalue weighted by molar-refractivity contribution is 5.43. The summed E-state index contributed by atoms with van der Waals surface area (Å²) in [6, 6.07) is 4.57. The maximum absolute atomic E-state index is 10.7. The number of likely N-dealkylation sites (tertiary alicyclic amines) is 1. The lowest BCUT2D eigenvalue weighted by Gasteiger charge is -2.26. The van der Waals surface area contributed by atoms with E-state index in [4.69, 9.17) is 10.5 Å². The van der Waals surface area contributed by atoms with Crippen LogP contribution in [0.4, 0.5) is 5.69 Å². The Morgan fingerprint density at radius 2 is 2.05 bits per heavy atom. The molecule has 1 aromatic rings. The quantitative estimate of drug-likeness (QED) is 0.635. The molecule has 6 heteroatoms. The number of nitro benzene ring substituents is 1. The maximum Gasteiger partial charge on any atom is 0.270 e. The van der Waals surface area contributed by atoms with Crippen molar-refractivity contribution in [3.8, 4) is 5.75 Å². The highest BCUT2D eigenvalue weighted by Crippen LogP contribution is 2.23. The molecule has 1 fully saturated rings. The van der Waals surface area contributed by atoms with E-state index >= 15 is 0 Å². The molecule has 20 heavy (non-hydrogen) atoms. The Hall–Kier alpha value is -1.66. The van der Waals surface area contributed by atoms with Gasteiger partial charge >= 0.3 is 0 Å². The number of rotatable bonds is 6. The van der Waals surface area contributed by atoms with Gasteiger partial charge in [-0.15, -0.1) is 0 Å². The van der Waals surface area contributed by atoms with Crippen molar-refractivity contribution in [2.45, 2.75) is 25.8 Å². The fourth-order valence-corrected chi connectivity index (χ4v) is 2.45. The lowest BCUT2D eigenvalue weighted by atomic mass is 10.1. The van der Waals surface area contributed by atoms with Crippen LogP contribution in [-0.4, -0.2) is 36.1 Å². The molecule has 0 radical (unpaired) electrons. The Kier molecular flexibility index (Phi) is 5.31. The predicted molar refractivity (Wildman–Crippen MR) is 76.8 cm³/mol. The van der Waals surface area contributed by atoms with Gasteiger partial charge in [-0.05, 0) is 32.0 Å². The largest absolute Gasteiger partial charge is 0.492 e. The van der Waals surface area contributed by atoms with Gasteiger partial charge in [0.2, 0.25) is 0 Å². The van der Waals surface area contributed by atoms with Gasteiger partial charge in [0.05, 0.1) is 4.92 Å². The number of nitrogens with zero attached hydrogens (tertiary/aromatic N) is 2. The van der Waals surface area contributed by atoms with E-state index in [0.717, 1.165) is 19.6 Å². The maximum atomic E-state index is 10.7. The third-order valence-electron chi connectivity index (χ3n) is 3.59. The van der Waals surface area contributed by atoms with Crippen molar-refractivity contribution in [1.29, 1.82) is 0 Å². The van der Waals surface area contributed by atoms with Crippen molar-refractivity contribution < 1.29 is 9.66 Å². The van der Waals surface area contributed by atoms with Crippen LogP contribution in [0.1, 0.15) is 24.8 Å². The first-order valence-corrected chi connectivity index (χ1v) is 7.03. The van der Waals surface area contributed by atoms with E-state index in [2.05, 4.69) is 4.90 Å². The van der Waals surface area contributed by atoms with Crippen molar-refractivity contribution >= 4 is 5.69 Å². The normalized spacial score (nSPS) is 16.1. The van der Waals surface area contributed by atoms with Crippen LogP contribution in [0.15, 0.2) is 18.2 Å². The molecular formula is C14H21N3O3. The van der Waals surface area contributed by atoms with Gasteiger partial charge in [-0.2, -0.15) is 0 Å². The molecule has 110 valence electrons. The third-order valence-corrected chi connectivity index (χ3v) is 3.59. The van der Waals surface area contributed by atoms with E-state index in [9.17, 15) is 10.1 Å². The van der Waals surface area contributed by atoms with Crippen LogP contribution >= 0.6 is 0 Å². The van der Waals surface area contributed by atoms with Crippen LogP contribution in [0.3, 0.4) is 0 Å². The summed E-state index contributed by atoms with van der Waals surface area (Å²) in [4.78, 5) is 12.7. The minimum Gasteiger partial charge on any atom is -0.492 e. The Morgan fingerprint density at radius 3 is 2.70 bits per heavy atom. The minimum atomic E-state index is -0.420. The average Bonchev–Trinajstić information content (AvgIpc) is 2.48. The second-order valence-corrected chi connectivity index (χ2v) is 5.00. The Morgan fingerprint density at radius 1 is 1.30 bits per heavy atom. The van der Waals surface area contributed by atoms with Crippen molar-refractivity contribution in [1.82, 2.24) is 4.90 Å². The van der Waals surface area contributed by atoms with E-state index in [1.54, 1.807) is 6.07 Å². The van der Waals surface area contributed by atoms with Gasteiger partial charge in [0.25, 0.3) is 5.69 Å². The van der Waals surface area contributed by atoms with E-state index in [0.29, 0.717) is 17.9 Å². The fraction of sp³-hybridized carbons (Fsp3) is 0.571. The first kappa shape index (κ1) is 14.7. The first-order chi connectivity index (χ1) is 9.70. The first-order valence-electron chi connectivity index (χ1n) is 7.03. The van der Waals surface area contributed by atoms with Gasteiger partial charge in [-0.25, -0.2) is 0 Å². The number of hydrogen-bond donors (Lipinski definition) is 1. The molecule has 0 aromatic heterocycles. The van der Waals surface area contributed by atoms with Gasteiger partial charge in [0.15, 0.2) is 0 Å². The number of ether oxygens (including phenoxy) is 1. The second-order valence-electron chi connectivity index (χ2n) is 5.00. The zero-order valence-electron chi connectivity index (χ0n) is 11.6. The molecule has 2 N–H and O–H groups in total. The fourth-order valence-electron chi connectivity index (χ4n) is 2.45. The number of nitro groups is 1. The van der Waals surface area contributed by atoms with Gasteiger partial charge in [-0.1, -0.05) is 6.42 Å². The molecular weight excluding hydrogens is 258 g/mol. The highest BCUT2D eigenvalue weighted by Gasteiger charge is 2.12. The molecule has 0 saturated carbocycles. The van der Waals surface area contributed by atoms with Gasteiger partial charge < -0.3 is 10.5 Å². The van der Waals surface area contributed by atoms with Gasteiger partial charge in [-0.3, -0.25) is 15.0 Å². The highest BCUT2D eigenvalue weighted by atomic mass is 16.6. The molecule has 0 spiro atoms. The molecule has 0 bridgehead atoms. The summed E-state index contributed by atoms with van der Waals surface area (Å²) in [6.07, 6.45) is 3.83. The van der Waals surface area contributed by atoms with E-state index in [1.807, 2.05) is 0 Å². The van der Waals surface area contributed by atoms with E-state index < -0.39 is 4.92 Å². The monoisotopic (exact) mass is 279 g/mol. The molecule has 1 heterocycles. The van der Waals surface area contributed by atoms with Crippen molar-refractivity contribution in [2.75, 3.05) is 26.2 Å². The van der Waals surface area contributed by atoms with E-state index in [-0.39, 0.29) is 12.2 Å². The summed E-state index contributed by atoms with van der Waals surface area (Å²) in [5.41, 5.74) is 6.35. The Bertz CT molecular complexity index is 459. The molecule has 1 aromatic carbocycles. The van der Waals surface area contributed by atoms with Gasteiger partial charge in [0.1, 0.15) is 12.4 Å². The summed E-state index contributed by atoms with van der Waals surface area (Å²) in [5, 5.41) is 10.7. The van der Waals surface area contributed by atoms with Crippen molar-refractivity contribution in [3.63, 3.8) is 0 Å². The van der Waals surface area contributed by atoms with Crippen molar-refractivity contribution in [3.05, 3.63) is 33.9 Å². The SMILES string of the molecule is NCc1cc([N+](=O)[O-])ccc1OCCN1CCCCC1. The van der Waals surface area contributed by atoms with Crippen LogP contribution in [0.5, 0.6) is 5.75 Å². The van der Waals surface area contributed by atoms with Gasteiger partial charge in [0, 0.05) is 30.8 Å². The molecule has 0 unspecified atom stereocenters. The molecule has 1 aliphatic rings. The number of benzene rings is 1. The smallest absolute Gasteiger partial charge is 0.270 e. The average molecular weight is 279 g/mol. The number of piperidine rings is 1. The van der Waals surface area contributed by atoms with E-state index in [1.165, 1.54) is 31.4 Å². The second kappa shape index (κ2) is 7.21. The molecule has 1 saturated heterocycles. The summed E-state index contributed by atoms with van der Waals surface area (Å²) in [6.45, 7) is 3.98. The molecule has 0 amide bonds. The zero-order valence-corrected chi connectivity index (χ0v) is 11.6. The molecule has 2 rings (SSSR count). The molecule has 6 nitrogen and oxygen atoms in total. The molecule has 0 aliphatic carbocycles. The van der Waals surface area contributed by atoms with Crippen LogP contribution in [0.2, 0.25) is 0 Å². The topological polar surface area (TPSA) is 81.6 Å². The number of hydrogen-bond acceptors (Lipinski definition) is 5. The predicted octanol–water partition coefficient (Wildman–Crippen LogP) is 1.92. The van der Waals surface area contributed by atoms with Crippen molar-refractivity contribution in [2.24, 2.45) is 5.73 Å². The Balaban J connectivity index is 1.89. The van der Waals surface area contributed by atoms with Crippen LogP contribution in [0.25, 0.3) is 0 Å². The molecule has 1 aliphatic heterocycles. The third kappa shape index (κ3) is 3.91. The Labute approximate surface area is 118 Å². The van der Waals surface area contributed by atoms with Crippen LogP contribution in [0, 0.1) is 10.1 Å². The van der Waals surface area contributed by atoms with Crippen LogP contribution < -0.4 is 10.5 Å². The summed E-state index contributed by atoms with van der Waals surface area (Å²) in [5.74, 6) is 0.648. The zero-order chi connectivity index (χ0) is 14.4. The minimum absolute atomic E-state index is 0.0498.